The van der Waals surface area contributed by atoms with Crippen molar-refractivity contribution in [3.63, 3.8) is 0 Å². The van der Waals surface area contributed by atoms with Crippen molar-refractivity contribution in [1.29, 1.82) is 0 Å². The van der Waals surface area contributed by atoms with Crippen LogP contribution in [0.15, 0.2) is 5.16 Å². The molecule has 9 heavy (non-hydrogen) atoms. The van der Waals surface area contributed by atoms with Crippen LogP contribution in [-0.2, 0) is 4.84 Å². The Morgan fingerprint density at radius 1 is 1.56 bits per heavy atom. The maximum Gasteiger partial charge on any atom is 0.116 e. The summed E-state index contributed by atoms with van der Waals surface area (Å²) in [6.07, 6.45) is 3.79. The summed E-state index contributed by atoms with van der Waals surface area (Å²) < 4.78 is 0. The van der Waals surface area contributed by atoms with Gasteiger partial charge in [-0.3, -0.25) is 0 Å². The van der Waals surface area contributed by atoms with Crippen LogP contribution in [0.1, 0.15) is 27.2 Å². The van der Waals surface area contributed by atoms with E-state index >= 15 is 0 Å². The zero-order chi connectivity index (χ0) is 7.11. The second-order valence-corrected chi connectivity index (χ2v) is 2.21. The van der Waals surface area contributed by atoms with Gasteiger partial charge < -0.3 is 4.84 Å². The molecule has 53 valence electrons. The Labute approximate surface area is 56.9 Å². The summed E-state index contributed by atoms with van der Waals surface area (Å²) in [5.41, 5.74) is 0. The number of rotatable bonds is 4. The van der Waals surface area contributed by atoms with Crippen molar-refractivity contribution >= 4 is 6.21 Å². The predicted octanol–water partition coefficient (Wildman–Crippen LogP) is 1.93. The monoisotopic (exact) mass is 128 g/mol. The zero-order valence-corrected chi connectivity index (χ0v) is 6.35. The third-order valence-corrected chi connectivity index (χ3v) is 0.671. The van der Waals surface area contributed by atoms with Crippen LogP contribution in [0, 0.1) is 5.92 Å². The van der Waals surface area contributed by atoms with Gasteiger partial charge in [0.15, 0.2) is 0 Å². The molecule has 0 fully saturated rings. The van der Waals surface area contributed by atoms with E-state index in [2.05, 4.69) is 11.4 Å². The average molecular weight is 128 g/mol. The Morgan fingerprint density at radius 2 is 2.22 bits per heavy atom. The molecule has 0 aliphatic rings. The highest BCUT2D eigenvalue weighted by atomic mass is 16.6. The highest BCUT2D eigenvalue weighted by molar-refractivity contribution is 5.58. The third-order valence-electron chi connectivity index (χ3n) is 0.671. The summed E-state index contributed by atoms with van der Waals surface area (Å²) in [7, 11) is 0. The van der Waals surface area contributed by atoms with E-state index in [1.807, 2.05) is 20.8 Å². The van der Waals surface area contributed by atoms with Crippen LogP contribution in [0.2, 0.25) is 0 Å². The van der Waals surface area contributed by atoms with Gasteiger partial charge in [0, 0.05) is 5.92 Å². The van der Waals surface area contributed by atoms with Gasteiger partial charge in [-0.15, -0.1) is 0 Å². The minimum atomic E-state index is 0.363. The summed E-state index contributed by atoms with van der Waals surface area (Å²) in [6.45, 7) is 6.77. The van der Waals surface area contributed by atoms with E-state index in [0.29, 0.717) is 12.5 Å². The van der Waals surface area contributed by atoms with E-state index in [1.54, 1.807) is 0 Å². The first kappa shape index (κ1) is 8.47. The van der Waals surface area contributed by atoms with Crippen LogP contribution in [0.4, 0.5) is 0 Å². The van der Waals surface area contributed by atoms with Gasteiger partial charge in [0.05, 0.1) is 0 Å². The van der Waals surface area contributed by atoms with Gasteiger partial charge in [0.25, 0.3) is 0 Å². The standard InChI is InChI=1S/C7H14NO/c1-4-5-9-8-6-7(2)3/h7H,4-5H2,1-3H3. The molecule has 0 saturated carbocycles. The lowest BCUT2D eigenvalue weighted by molar-refractivity contribution is 0.145. The minimum absolute atomic E-state index is 0.363. The molecule has 0 unspecified atom stereocenters. The van der Waals surface area contributed by atoms with Crippen molar-refractivity contribution in [1.82, 2.24) is 0 Å². The smallest absolute Gasteiger partial charge is 0.116 e. The number of nitrogens with zero attached hydrogens (tertiary/aromatic N) is 1. The molecule has 0 bridgehead atoms. The molecule has 1 radical (unpaired) electrons. The molecule has 0 atom stereocenters. The van der Waals surface area contributed by atoms with E-state index in [-0.39, 0.29) is 0 Å². The molecule has 2 nitrogen and oxygen atoms in total. The topological polar surface area (TPSA) is 21.6 Å². The molecule has 0 heterocycles. The van der Waals surface area contributed by atoms with Crippen molar-refractivity contribution < 1.29 is 4.84 Å². The van der Waals surface area contributed by atoms with Gasteiger partial charge >= 0.3 is 0 Å². The average Bonchev–Trinajstić information content (AvgIpc) is 1.80. The predicted molar refractivity (Wildman–Crippen MR) is 38.5 cm³/mol. The second-order valence-electron chi connectivity index (χ2n) is 2.21. The van der Waals surface area contributed by atoms with Gasteiger partial charge in [-0.2, -0.15) is 0 Å². The third kappa shape index (κ3) is 7.47. The van der Waals surface area contributed by atoms with Crippen LogP contribution in [0.5, 0.6) is 0 Å². The summed E-state index contributed by atoms with van der Waals surface area (Å²) in [6, 6.07) is 0. The lowest BCUT2D eigenvalue weighted by Crippen LogP contribution is -1.90. The maximum absolute atomic E-state index is 4.81. The van der Waals surface area contributed by atoms with Crippen molar-refractivity contribution in [2.75, 3.05) is 6.61 Å². The zero-order valence-electron chi connectivity index (χ0n) is 6.35. The summed E-state index contributed by atoms with van der Waals surface area (Å²) in [5, 5.41) is 3.61. The molecular weight excluding hydrogens is 114 g/mol. The molecule has 0 aromatic rings. The molecule has 0 aliphatic heterocycles. The largest absolute Gasteiger partial charge is 0.396 e. The fourth-order valence-electron chi connectivity index (χ4n) is 0.280. The summed E-state index contributed by atoms with van der Waals surface area (Å²) in [5.74, 6) is 0.363. The summed E-state index contributed by atoms with van der Waals surface area (Å²) in [4.78, 5) is 4.81. The quantitative estimate of drug-likeness (QED) is 0.322. The van der Waals surface area contributed by atoms with Crippen LogP contribution in [0.3, 0.4) is 0 Å². The fraction of sp³-hybridized carbons (Fsp3) is 0.857. The second kappa shape index (κ2) is 5.60. The molecule has 0 aromatic heterocycles. The fourth-order valence-corrected chi connectivity index (χ4v) is 0.280. The van der Waals surface area contributed by atoms with Gasteiger partial charge in [-0.1, -0.05) is 25.9 Å². The molecule has 0 spiro atoms. The van der Waals surface area contributed by atoms with Crippen molar-refractivity contribution in [2.24, 2.45) is 11.1 Å². The number of hydrogen-bond donors (Lipinski definition) is 0. The van der Waals surface area contributed by atoms with Gasteiger partial charge in [0.2, 0.25) is 0 Å². The lowest BCUT2D eigenvalue weighted by atomic mass is 10.3. The Balaban J connectivity index is 3.04. The van der Waals surface area contributed by atoms with Crippen LogP contribution in [0.25, 0.3) is 0 Å². The Hall–Kier alpha value is -0.530. The molecule has 2 heteroatoms. The SMILES string of the molecule is CCCO/N=[C]\C(C)C. The maximum atomic E-state index is 4.81. The summed E-state index contributed by atoms with van der Waals surface area (Å²) >= 11 is 0. The van der Waals surface area contributed by atoms with Crippen LogP contribution >= 0.6 is 0 Å². The van der Waals surface area contributed by atoms with E-state index in [0.717, 1.165) is 6.42 Å². The normalized spacial score (nSPS) is 11.1. The van der Waals surface area contributed by atoms with E-state index in [1.165, 1.54) is 0 Å². The molecule has 0 aromatic carbocycles. The molecule has 0 aliphatic carbocycles. The highest BCUT2D eigenvalue weighted by Gasteiger charge is 1.84. The van der Waals surface area contributed by atoms with Crippen molar-refractivity contribution in [3.05, 3.63) is 0 Å². The van der Waals surface area contributed by atoms with Crippen LogP contribution < -0.4 is 0 Å². The lowest BCUT2D eigenvalue weighted by Gasteiger charge is -1.93. The van der Waals surface area contributed by atoms with Crippen molar-refractivity contribution in [3.8, 4) is 0 Å². The van der Waals surface area contributed by atoms with Gasteiger partial charge in [0.1, 0.15) is 12.8 Å². The van der Waals surface area contributed by atoms with Crippen molar-refractivity contribution in [2.45, 2.75) is 27.2 Å². The molecule has 0 amide bonds. The molecule has 0 rings (SSSR count). The highest BCUT2D eigenvalue weighted by Crippen LogP contribution is 1.86. The molecular formula is C7H14NO. The Morgan fingerprint density at radius 3 is 2.67 bits per heavy atom. The first-order chi connectivity index (χ1) is 4.27. The minimum Gasteiger partial charge on any atom is -0.396 e. The Kier molecular flexibility index (Phi) is 5.27. The first-order valence-corrected chi connectivity index (χ1v) is 3.35. The van der Waals surface area contributed by atoms with Gasteiger partial charge in [-0.05, 0) is 6.42 Å². The van der Waals surface area contributed by atoms with Crippen LogP contribution in [-0.4, -0.2) is 12.8 Å². The first-order valence-electron chi connectivity index (χ1n) is 3.35. The van der Waals surface area contributed by atoms with E-state index < -0.39 is 0 Å². The van der Waals surface area contributed by atoms with E-state index in [4.69, 9.17) is 4.84 Å². The van der Waals surface area contributed by atoms with Gasteiger partial charge in [-0.25, -0.2) is 0 Å². The van der Waals surface area contributed by atoms with E-state index in [9.17, 15) is 0 Å². The molecule has 0 N–H and O–H groups in total. The molecule has 0 saturated heterocycles. The Bertz CT molecular complexity index is 79.0. The number of hydrogen-bond acceptors (Lipinski definition) is 2.